The molecular weight excluding hydrogens is 500 g/mol. The lowest BCUT2D eigenvalue weighted by atomic mass is 9.89. The molecule has 0 atom stereocenters. The number of sulfonamides is 1. The molecule has 2 saturated heterocycles. The summed E-state index contributed by atoms with van der Waals surface area (Å²) in [5.74, 6) is 0.453. The van der Waals surface area contributed by atoms with Crippen LogP contribution in [-0.2, 0) is 21.3 Å². The van der Waals surface area contributed by atoms with Crippen LogP contribution in [0.4, 0.5) is 0 Å². The summed E-state index contributed by atoms with van der Waals surface area (Å²) < 4.78 is 38.8. The van der Waals surface area contributed by atoms with Gasteiger partial charge in [0, 0.05) is 31.5 Å². The molecule has 1 saturated carbocycles. The van der Waals surface area contributed by atoms with Crippen LogP contribution in [0, 0.1) is 12.8 Å². The van der Waals surface area contributed by atoms with Crippen molar-refractivity contribution in [2.75, 3.05) is 26.3 Å². The highest BCUT2D eigenvalue weighted by molar-refractivity contribution is 7.89. The Hall–Kier alpha value is -2.62. The maximum Gasteiger partial charge on any atom is 0.253 e. The molecule has 204 valence electrons. The van der Waals surface area contributed by atoms with E-state index in [-0.39, 0.29) is 11.9 Å². The number of ether oxygens (including phenoxy) is 1. The summed E-state index contributed by atoms with van der Waals surface area (Å²) in [4.78, 5) is 13.6. The molecule has 1 N–H and O–H groups in total. The number of carbonyl (C=O) groups excluding carboxylic acids is 1. The van der Waals surface area contributed by atoms with Crippen LogP contribution < -0.4 is 5.32 Å². The van der Waals surface area contributed by atoms with Crippen molar-refractivity contribution >= 4 is 21.4 Å². The number of fused-ring (bicyclic) bond motifs is 1. The zero-order valence-electron chi connectivity index (χ0n) is 22.2. The fourth-order valence-corrected chi connectivity index (χ4v) is 8.01. The van der Waals surface area contributed by atoms with E-state index >= 15 is 0 Å². The van der Waals surface area contributed by atoms with Crippen LogP contribution in [0.25, 0.3) is 16.9 Å². The number of hydrogen-bond acceptors (Lipinski definition) is 4. The van der Waals surface area contributed by atoms with Gasteiger partial charge in [0.2, 0.25) is 10.0 Å². The number of piperidine rings is 1. The molecule has 1 aliphatic carbocycles. The van der Waals surface area contributed by atoms with Gasteiger partial charge in [0.1, 0.15) is 4.90 Å². The molecule has 3 fully saturated rings. The standard InChI is InChI=1S/C29H38N4O4S/c1-21-24(29(34)30-23-19-37-20-23)16-26(33(21)18-22-10-4-2-5-11-22)27-17-28(25-12-6-9-15-32(25)27)38(35,36)31-13-7-3-8-14-31/h6,9,12,15-17,22-23H,2-5,7-8,10-11,13-14,18-20H2,1H3,(H,30,34). The summed E-state index contributed by atoms with van der Waals surface area (Å²) in [5.41, 5.74) is 3.95. The Kier molecular flexibility index (Phi) is 7.09. The van der Waals surface area contributed by atoms with Crippen molar-refractivity contribution < 1.29 is 17.9 Å². The summed E-state index contributed by atoms with van der Waals surface area (Å²) >= 11 is 0. The lowest BCUT2D eigenvalue weighted by Gasteiger charge is -2.27. The van der Waals surface area contributed by atoms with E-state index in [1.54, 1.807) is 4.31 Å². The van der Waals surface area contributed by atoms with Crippen LogP contribution in [0.3, 0.4) is 0 Å². The normalized spacial score (nSPS) is 20.0. The molecule has 8 nitrogen and oxygen atoms in total. The molecule has 3 aromatic rings. The second kappa shape index (κ2) is 10.5. The fraction of sp³-hybridized carbons (Fsp3) is 0.552. The van der Waals surface area contributed by atoms with Crippen molar-refractivity contribution in [1.82, 2.24) is 18.6 Å². The quantitative estimate of drug-likeness (QED) is 0.477. The molecule has 5 heterocycles. The maximum atomic E-state index is 13.8. The van der Waals surface area contributed by atoms with Gasteiger partial charge in [-0.15, -0.1) is 0 Å². The van der Waals surface area contributed by atoms with Crippen molar-refractivity contribution in [1.29, 1.82) is 0 Å². The van der Waals surface area contributed by atoms with Crippen LogP contribution in [0.1, 0.15) is 67.4 Å². The third-order valence-electron chi connectivity index (χ3n) is 8.58. The molecule has 9 heteroatoms. The summed E-state index contributed by atoms with van der Waals surface area (Å²) in [6.45, 7) is 5.06. The third kappa shape index (κ3) is 4.69. The molecule has 2 aliphatic heterocycles. The van der Waals surface area contributed by atoms with E-state index in [9.17, 15) is 13.2 Å². The first kappa shape index (κ1) is 25.6. The number of amides is 1. The Morgan fingerprint density at radius 1 is 1.00 bits per heavy atom. The highest BCUT2D eigenvalue weighted by Crippen LogP contribution is 2.36. The summed E-state index contributed by atoms with van der Waals surface area (Å²) in [6.07, 6.45) is 10.9. The van der Waals surface area contributed by atoms with Crippen molar-refractivity contribution in [3.8, 4) is 11.4 Å². The first-order valence-corrected chi connectivity index (χ1v) is 15.6. The monoisotopic (exact) mass is 538 g/mol. The molecule has 0 aromatic carbocycles. The van der Waals surface area contributed by atoms with Crippen LogP contribution in [0.5, 0.6) is 0 Å². The Labute approximate surface area is 225 Å². The minimum absolute atomic E-state index is 0.0439. The van der Waals surface area contributed by atoms with E-state index in [0.29, 0.717) is 48.2 Å². The molecule has 0 radical (unpaired) electrons. The minimum Gasteiger partial charge on any atom is -0.377 e. The number of nitrogens with zero attached hydrogens (tertiary/aromatic N) is 3. The first-order chi connectivity index (χ1) is 18.4. The molecule has 0 unspecified atom stereocenters. The van der Waals surface area contributed by atoms with E-state index in [0.717, 1.165) is 42.9 Å². The van der Waals surface area contributed by atoms with E-state index in [1.807, 2.05) is 47.9 Å². The molecular formula is C29H38N4O4S. The zero-order chi connectivity index (χ0) is 26.3. The number of rotatable bonds is 7. The van der Waals surface area contributed by atoms with Gasteiger partial charge in [-0.25, -0.2) is 8.42 Å². The van der Waals surface area contributed by atoms with Crippen molar-refractivity contribution in [3.63, 3.8) is 0 Å². The van der Waals surface area contributed by atoms with Crippen molar-refractivity contribution in [3.05, 3.63) is 47.8 Å². The fourth-order valence-electron chi connectivity index (χ4n) is 6.30. The van der Waals surface area contributed by atoms with E-state index in [2.05, 4.69) is 9.88 Å². The van der Waals surface area contributed by atoms with Gasteiger partial charge in [0.05, 0.1) is 41.7 Å². The summed E-state index contributed by atoms with van der Waals surface area (Å²) in [7, 11) is -3.64. The van der Waals surface area contributed by atoms with Gasteiger partial charge in [0.15, 0.2) is 0 Å². The van der Waals surface area contributed by atoms with Gasteiger partial charge in [0.25, 0.3) is 5.91 Å². The Morgan fingerprint density at radius 2 is 1.74 bits per heavy atom. The van der Waals surface area contributed by atoms with Crippen molar-refractivity contribution in [2.45, 2.75) is 75.8 Å². The van der Waals surface area contributed by atoms with Crippen LogP contribution in [0.15, 0.2) is 41.4 Å². The lowest BCUT2D eigenvalue weighted by Crippen LogP contribution is -2.48. The Bertz CT molecular complexity index is 1420. The average Bonchev–Trinajstić information content (AvgIpc) is 3.46. The van der Waals surface area contributed by atoms with Crippen LogP contribution >= 0.6 is 0 Å². The van der Waals surface area contributed by atoms with E-state index in [1.165, 1.54) is 32.1 Å². The molecule has 0 spiro atoms. The highest BCUT2D eigenvalue weighted by atomic mass is 32.2. The van der Waals surface area contributed by atoms with Crippen molar-refractivity contribution in [2.24, 2.45) is 5.92 Å². The molecule has 3 aliphatic rings. The van der Waals surface area contributed by atoms with E-state index in [4.69, 9.17) is 4.74 Å². The molecule has 0 bridgehead atoms. The molecule has 38 heavy (non-hydrogen) atoms. The number of aromatic nitrogens is 2. The second-order valence-corrected chi connectivity index (χ2v) is 13.1. The van der Waals surface area contributed by atoms with Gasteiger partial charge in [-0.1, -0.05) is 31.7 Å². The summed E-state index contributed by atoms with van der Waals surface area (Å²) in [5, 5.41) is 3.09. The minimum atomic E-state index is -3.64. The number of nitrogens with one attached hydrogen (secondary N) is 1. The molecule has 1 amide bonds. The number of hydrogen-bond donors (Lipinski definition) is 1. The number of pyridine rings is 1. The van der Waals surface area contributed by atoms with Gasteiger partial charge in [-0.2, -0.15) is 4.31 Å². The second-order valence-electron chi connectivity index (χ2n) is 11.2. The average molecular weight is 539 g/mol. The van der Waals surface area contributed by atoms with Gasteiger partial charge >= 0.3 is 0 Å². The largest absolute Gasteiger partial charge is 0.377 e. The van der Waals surface area contributed by atoms with Gasteiger partial charge in [-0.3, -0.25) is 4.79 Å². The Morgan fingerprint density at radius 3 is 2.45 bits per heavy atom. The smallest absolute Gasteiger partial charge is 0.253 e. The highest BCUT2D eigenvalue weighted by Gasteiger charge is 2.32. The predicted molar refractivity (Wildman–Crippen MR) is 147 cm³/mol. The van der Waals surface area contributed by atoms with Gasteiger partial charge in [-0.05, 0) is 62.8 Å². The third-order valence-corrected chi connectivity index (χ3v) is 10.5. The maximum absolute atomic E-state index is 13.8. The SMILES string of the molecule is Cc1c(C(=O)NC2COC2)cc(-c2cc(S(=O)(=O)N3CCCCC3)c3ccccn23)n1CC1CCCCC1. The molecule has 6 rings (SSSR count). The number of carbonyl (C=O) groups is 1. The summed E-state index contributed by atoms with van der Waals surface area (Å²) in [6, 6.07) is 9.53. The van der Waals surface area contributed by atoms with Gasteiger partial charge < -0.3 is 19.0 Å². The van der Waals surface area contributed by atoms with Crippen LogP contribution in [0.2, 0.25) is 0 Å². The first-order valence-electron chi connectivity index (χ1n) is 14.1. The predicted octanol–water partition coefficient (Wildman–Crippen LogP) is 4.60. The lowest BCUT2D eigenvalue weighted by molar-refractivity contribution is -0.00347. The Balaban J connectivity index is 1.46. The molecule has 3 aromatic heterocycles. The van der Waals surface area contributed by atoms with E-state index < -0.39 is 10.0 Å². The zero-order valence-corrected chi connectivity index (χ0v) is 23.0. The van der Waals surface area contributed by atoms with Crippen LogP contribution in [-0.4, -0.2) is 59.9 Å². The topological polar surface area (TPSA) is 85.0 Å².